The summed E-state index contributed by atoms with van der Waals surface area (Å²) in [7, 11) is -3.77. The number of aryl methyl sites for hydroxylation is 3. The molecular weight excluding hydrogens is 458 g/mol. The zero-order chi connectivity index (χ0) is 25.0. The van der Waals surface area contributed by atoms with Gasteiger partial charge in [-0.05, 0) is 39.5 Å². The van der Waals surface area contributed by atoms with Gasteiger partial charge >= 0.3 is 0 Å². The van der Waals surface area contributed by atoms with E-state index in [1.807, 2.05) is 27.7 Å². The van der Waals surface area contributed by atoms with Crippen LogP contribution in [-0.4, -0.2) is 63.7 Å². The predicted octanol–water partition coefficient (Wildman–Crippen LogP) is 1.85. The third-order valence-corrected chi connectivity index (χ3v) is 7.80. The average molecular weight is 494 g/mol. The van der Waals surface area contributed by atoms with Crippen molar-refractivity contribution in [2.75, 3.05) is 25.0 Å². The van der Waals surface area contributed by atoms with E-state index in [1.54, 1.807) is 22.5 Å². The smallest absolute Gasteiger partial charge is 0.273 e. The molecule has 188 valence electrons. The van der Waals surface area contributed by atoms with Crippen LogP contribution in [0.25, 0.3) is 0 Å². The van der Waals surface area contributed by atoms with Crippen molar-refractivity contribution in [1.29, 1.82) is 0 Å². The van der Waals surface area contributed by atoms with E-state index < -0.39 is 15.9 Å². The number of carbonyl (C=O) groups excluding carboxylic acids is 2. The first-order valence-corrected chi connectivity index (χ1v) is 13.2. The predicted molar refractivity (Wildman–Crippen MR) is 128 cm³/mol. The zero-order valence-corrected chi connectivity index (χ0v) is 21.4. The molecule has 3 heterocycles. The highest BCUT2D eigenvalue weighted by molar-refractivity contribution is 7.89. The van der Waals surface area contributed by atoms with Gasteiger partial charge < -0.3 is 10.6 Å². The number of rotatable bonds is 9. The van der Waals surface area contributed by atoms with Crippen LogP contribution in [0.15, 0.2) is 17.3 Å². The summed E-state index contributed by atoms with van der Waals surface area (Å²) in [5.41, 5.74) is 0.921. The minimum Gasteiger partial charge on any atom is -0.350 e. The molecule has 1 fully saturated rings. The van der Waals surface area contributed by atoms with Crippen molar-refractivity contribution in [3.8, 4) is 0 Å². The van der Waals surface area contributed by atoms with Crippen molar-refractivity contribution in [2.24, 2.45) is 11.8 Å². The molecule has 1 atom stereocenters. The van der Waals surface area contributed by atoms with Crippen molar-refractivity contribution in [1.82, 2.24) is 29.2 Å². The molecule has 0 aliphatic carbocycles. The molecule has 2 aromatic heterocycles. The Kier molecular flexibility index (Phi) is 8.13. The molecule has 0 radical (unpaired) electrons. The lowest BCUT2D eigenvalue weighted by atomic mass is 9.99. The van der Waals surface area contributed by atoms with Gasteiger partial charge in [0.05, 0.1) is 17.3 Å². The second kappa shape index (κ2) is 10.7. The van der Waals surface area contributed by atoms with Crippen LogP contribution in [0.5, 0.6) is 0 Å². The molecule has 2 amide bonds. The van der Waals surface area contributed by atoms with Gasteiger partial charge in [0.15, 0.2) is 5.69 Å². The Morgan fingerprint density at radius 1 is 1.15 bits per heavy atom. The van der Waals surface area contributed by atoms with Crippen LogP contribution in [0.3, 0.4) is 0 Å². The fourth-order valence-electron chi connectivity index (χ4n) is 3.89. The Balaban J connectivity index is 1.75. The van der Waals surface area contributed by atoms with Gasteiger partial charge in [0.1, 0.15) is 4.90 Å². The molecule has 0 bridgehead atoms. The first-order chi connectivity index (χ1) is 16.1. The fraction of sp³-hybridized carbons (Fsp3) is 0.636. The van der Waals surface area contributed by atoms with Gasteiger partial charge in [0.2, 0.25) is 15.9 Å². The van der Waals surface area contributed by atoms with E-state index in [4.69, 9.17) is 0 Å². The maximum atomic E-state index is 13.3. The Morgan fingerprint density at radius 2 is 1.82 bits per heavy atom. The number of carbonyl (C=O) groups is 2. The number of amides is 2. The summed E-state index contributed by atoms with van der Waals surface area (Å²) < 4.78 is 31.0. The number of anilines is 1. The van der Waals surface area contributed by atoms with Gasteiger partial charge in [0.25, 0.3) is 5.91 Å². The van der Waals surface area contributed by atoms with Gasteiger partial charge in [0, 0.05) is 45.1 Å². The summed E-state index contributed by atoms with van der Waals surface area (Å²) >= 11 is 0. The number of piperidine rings is 1. The van der Waals surface area contributed by atoms with Crippen molar-refractivity contribution >= 4 is 27.5 Å². The van der Waals surface area contributed by atoms with Crippen molar-refractivity contribution in [3.05, 3.63) is 23.8 Å². The fourth-order valence-corrected chi connectivity index (χ4v) is 5.58. The summed E-state index contributed by atoms with van der Waals surface area (Å²) in [6.07, 6.45) is 4.29. The number of nitrogens with zero attached hydrogens (tertiary/aromatic N) is 5. The summed E-state index contributed by atoms with van der Waals surface area (Å²) in [5.74, 6) is -0.943. The van der Waals surface area contributed by atoms with Gasteiger partial charge in [-0.1, -0.05) is 13.8 Å². The van der Waals surface area contributed by atoms with E-state index in [0.29, 0.717) is 50.4 Å². The van der Waals surface area contributed by atoms with Crippen molar-refractivity contribution in [2.45, 2.75) is 65.4 Å². The quantitative estimate of drug-likeness (QED) is 0.548. The maximum absolute atomic E-state index is 13.3. The van der Waals surface area contributed by atoms with E-state index in [2.05, 4.69) is 20.8 Å². The van der Waals surface area contributed by atoms with Crippen LogP contribution in [0, 0.1) is 18.8 Å². The summed E-state index contributed by atoms with van der Waals surface area (Å²) in [6.45, 7) is 11.5. The molecular formula is C22H35N7O4S. The SMILES string of the molecule is CCn1cc(S(=O)(=O)N2CCC[C@H](C(=O)Nc3cn(CC)nc3C(=O)NCC(C)C)C2)c(C)n1. The third kappa shape index (κ3) is 5.66. The molecule has 2 aromatic rings. The van der Waals surface area contributed by atoms with Crippen LogP contribution in [0.1, 0.15) is 56.7 Å². The lowest BCUT2D eigenvalue weighted by molar-refractivity contribution is -0.120. The summed E-state index contributed by atoms with van der Waals surface area (Å²) in [6, 6.07) is 0. The van der Waals surface area contributed by atoms with Crippen LogP contribution in [0.2, 0.25) is 0 Å². The van der Waals surface area contributed by atoms with Gasteiger partial charge in [-0.25, -0.2) is 8.42 Å². The molecule has 0 aromatic carbocycles. The largest absolute Gasteiger partial charge is 0.350 e. The molecule has 11 nitrogen and oxygen atoms in total. The van der Waals surface area contributed by atoms with Gasteiger partial charge in [-0.3, -0.25) is 19.0 Å². The van der Waals surface area contributed by atoms with E-state index in [1.165, 1.54) is 10.5 Å². The lowest BCUT2D eigenvalue weighted by Crippen LogP contribution is -2.43. The highest BCUT2D eigenvalue weighted by Gasteiger charge is 2.35. The Hall–Kier alpha value is -2.73. The Bertz CT molecular complexity index is 1140. The molecule has 1 aliphatic rings. The van der Waals surface area contributed by atoms with Gasteiger partial charge in [-0.15, -0.1) is 0 Å². The first kappa shape index (κ1) is 25.9. The minimum atomic E-state index is -3.77. The third-order valence-electron chi connectivity index (χ3n) is 5.83. The molecule has 0 saturated carbocycles. The van der Waals surface area contributed by atoms with Crippen LogP contribution in [-0.2, 0) is 27.9 Å². The zero-order valence-electron chi connectivity index (χ0n) is 20.5. The monoisotopic (exact) mass is 493 g/mol. The second-order valence-electron chi connectivity index (χ2n) is 8.98. The number of nitrogens with one attached hydrogen (secondary N) is 2. The van der Waals surface area contributed by atoms with Crippen molar-refractivity contribution < 1.29 is 18.0 Å². The maximum Gasteiger partial charge on any atom is 0.273 e. The van der Waals surface area contributed by atoms with E-state index >= 15 is 0 Å². The summed E-state index contributed by atoms with van der Waals surface area (Å²) in [4.78, 5) is 25.9. The van der Waals surface area contributed by atoms with E-state index in [0.717, 1.165) is 0 Å². The average Bonchev–Trinajstić information content (AvgIpc) is 3.40. The highest BCUT2D eigenvalue weighted by Crippen LogP contribution is 2.26. The molecule has 34 heavy (non-hydrogen) atoms. The van der Waals surface area contributed by atoms with Crippen LogP contribution >= 0.6 is 0 Å². The second-order valence-corrected chi connectivity index (χ2v) is 10.9. The molecule has 0 unspecified atom stereocenters. The molecule has 12 heteroatoms. The van der Waals surface area contributed by atoms with Crippen LogP contribution in [0.4, 0.5) is 5.69 Å². The lowest BCUT2D eigenvalue weighted by Gasteiger charge is -2.31. The standard InChI is InChI=1S/C22H35N7O4S/c1-6-27-13-18(20(26-27)22(31)23-11-15(3)4)24-21(30)17-9-8-10-29(12-17)34(32,33)19-14-28(7-2)25-16(19)5/h13-15,17H,6-12H2,1-5H3,(H,23,31)(H,24,30)/t17-/m0/s1. The molecule has 0 spiro atoms. The number of hydrogen-bond donors (Lipinski definition) is 2. The molecule has 1 saturated heterocycles. The van der Waals surface area contributed by atoms with Gasteiger partial charge in [-0.2, -0.15) is 14.5 Å². The number of sulfonamides is 1. The Morgan fingerprint density at radius 3 is 2.44 bits per heavy atom. The van der Waals surface area contributed by atoms with Crippen LogP contribution < -0.4 is 10.6 Å². The van der Waals surface area contributed by atoms with Crippen molar-refractivity contribution in [3.63, 3.8) is 0 Å². The topological polar surface area (TPSA) is 131 Å². The molecule has 1 aliphatic heterocycles. The molecule has 3 rings (SSSR count). The Labute approximate surface area is 200 Å². The minimum absolute atomic E-state index is 0.0711. The highest BCUT2D eigenvalue weighted by atomic mass is 32.2. The normalized spacial score (nSPS) is 17.2. The molecule has 2 N–H and O–H groups in total. The number of hydrogen-bond acceptors (Lipinski definition) is 6. The van der Waals surface area contributed by atoms with E-state index in [9.17, 15) is 18.0 Å². The summed E-state index contributed by atoms with van der Waals surface area (Å²) in [5, 5.41) is 14.2. The van der Waals surface area contributed by atoms with E-state index in [-0.39, 0.29) is 34.9 Å². The number of aromatic nitrogens is 4. The first-order valence-electron chi connectivity index (χ1n) is 11.8.